The monoisotopic (exact) mass is 291 g/mol. The summed E-state index contributed by atoms with van der Waals surface area (Å²) in [5.41, 5.74) is 4.43. The van der Waals surface area contributed by atoms with Gasteiger partial charge in [0.1, 0.15) is 17.4 Å². The van der Waals surface area contributed by atoms with Crippen LogP contribution in [-0.2, 0) is 12.8 Å². The van der Waals surface area contributed by atoms with E-state index in [1.54, 1.807) is 6.07 Å². The lowest BCUT2D eigenvalue weighted by molar-refractivity contribution is 0.299. The van der Waals surface area contributed by atoms with Crippen molar-refractivity contribution in [1.29, 1.82) is 5.26 Å². The van der Waals surface area contributed by atoms with Gasteiger partial charge in [-0.3, -0.25) is 4.57 Å². The highest BCUT2D eigenvalue weighted by molar-refractivity contribution is 5.83. The van der Waals surface area contributed by atoms with Crippen LogP contribution in [0.1, 0.15) is 23.9 Å². The molecule has 0 atom stereocenters. The van der Waals surface area contributed by atoms with E-state index in [9.17, 15) is 5.26 Å². The van der Waals surface area contributed by atoms with E-state index >= 15 is 0 Å². The second-order valence-corrected chi connectivity index (χ2v) is 5.14. The van der Waals surface area contributed by atoms with Gasteiger partial charge in [-0.2, -0.15) is 5.26 Å². The number of aliphatic hydroxyl groups excluding tert-OH is 1. The first-order valence-electron chi connectivity index (χ1n) is 7.39. The Morgan fingerprint density at radius 1 is 1.18 bits per heavy atom. The fourth-order valence-electron chi connectivity index (χ4n) is 2.70. The Morgan fingerprint density at radius 3 is 2.59 bits per heavy atom. The molecule has 110 valence electrons. The van der Waals surface area contributed by atoms with Crippen molar-refractivity contribution < 1.29 is 5.11 Å². The Labute approximate surface area is 129 Å². The Kier molecular flexibility index (Phi) is 3.90. The van der Waals surface area contributed by atoms with Gasteiger partial charge in [0.15, 0.2) is 0 Å². The topological polar surface area (TPSA) is 61.8 Å². The normalized spacial score (nSPS) is 10.8. The number of hydrogen-bond donors (Lipinski definition) is 1. The van der Waals surface area contributed by atoms with Gasteiger partial charge in [0.25, 0.3) is 0 Å². The summed E-state index contributed by atoms with van der Waals surface area (Å²) in [5, 5.41) is 18.3. The zero-order valence-corrected chi connectivity index (χ0v) is 12.5. The van der Waals surface area contributed by atoms with Crippen LogP contribution in [-0.4, -0.2) is 21.3 Å². The van der Waals surface area contributed by atoms with E-state index in [-0.39, 0.29) is 6.61 Å². The molecule has 1 N–H and O–H groups in total. The number of aromatic nitrogens is 2. The number of nitriles is 1. The number of rotatable bonds is 4. The van der Waals surface area contributed by atoms with Crippen LogP contribution in [0.25, 0.3) is 16.7 Å². The molecule has 22 heavy (non-hydrogen) atoms. The number of nitrogens with zero attached hydrogens (tertiary/aromatic N) is 3. The molecule has 3 rings (SSSR count). The molecule has 0 saturated heterocycles. The zero-order valence-electron chi connectivity index (χ0n) is 12.5. The van der Waals surface area contributed by atoms with Crippen molar-refractivity contribution >= 4 is 11.0 Å². The standard InChI is InChI=1S/C18H17N3O/c1-2-17-20-18-14(12-19)4-3-5-16(18)21(17)15-8-6-13(7-9-15)10-11-22/h3-9,22H,2,10-11H2,1H3. The van der Waals surface area contributed by atoms with Gasteiger partial charge < -0.3 is 5.11 Å². The summed E-state index contributed by atoms with van der Waals surface area (Å²) in [4.78, 5) is 4.64. The second-order valence-electron chi connectivity index (χ2n) is 5.14. The van der Waals surface area contributed by atoms with Crippen LogP contribution in [0.5, 0.6) is 0 Å². The summed E-state index contributed by atoms with van der Waals surface area (Å²) in [6, 6.07) is 16.0. The predicted octanol–water partition coefficient (Wildman–Crippen LogP) is 2.99. The molecule has 0 bridgehead atoms. The quantitative estimate of drug-likeness (QED) is 0.803. The second kappa shape index (κ2) is 6.00. The Balaban J connectivity index is 2.19. The molecule has 0 aliphatic carbocycles. The number of hydrogen-bond acceptors (Lipinski definition) is 3. The predicted molar refractivity (Wildman–Crippen MR) is 86.0 cm³/mol. The van der Waals surface area contributed by atoms with Crippen molar-refractivity contribution in [2.45, 2.75) is 19.8 Å². The van der Waals surface area contributed by atoms with E-state index in [1.807, 2.05) is 36.4 Å². The molecule has 0 spiro atoms. The minimum absolute atomic E-state index is 0.152. The third-order valence-electron chi connectivity index (χ3n) is 3.79. The number of fused-ring (bicyclic) bond motifs is 1. The Hall–Kier alpha value is -2.64. The van der Waals surface area contributed by atoms with E-state index < -0.39 is 0 Å². The lowest BCUT2D eigenvalue weighted by Gasteiger charge is -2.09. The van der Waals surface area contributed by atoms with E-state index in [0.29, 0.717) is 12.0 Å². The smallest absolute Gasteiger partial charge is 0.114 e. The van der Waals surface area contributed by atoms with Gasteiger partial charge in [-0.1, -0.05) is 25.1 Å². The molecule has 0 radical (unpaired) electrons. The minimum Gasteiger partial charge on any atom is -0.396 e. The van der Waals surface area contributed by atoms with Gasteiger partial charge in [-0.05, 0) is 36.2 Å². The SMILES string of the molecule is CCc1nc2c(C#N)cccc2n1-c1ccc(CCO)cc1. The zero-order chi connectivity index (χ0) is 15.5. The first-order chi connectivity index (χ1) is 10.8. The number of para-hydroxylation sites is 1. The van der Waals surface area contributed by atoms with E-state index in [0.717, 1.165) is 34.5 Å². The van der Waals surface area contributed by atoms with Crippen LogP contribution in [0, 0.1) is 11.3 Å². The Morgan fingerprint density at radius 2 is 1.95 bits per heavy atom. The summed E-state index contributed by atoms with van der Waals surface area (Å²) in [7, 11) is 0. The van der Waals surface area contributed by atoms with Crippen molar-refractivity contribution in [3.63, 3.8) is 0 Å². The fraction of sp³-hybridized carbons (Fsp3) is 0.222. The van der Waals surface area contributed by atoms with Crippen molar-refractivity contribution in [2.75, 3.05) is 6.61 Å². The van der Waals surface area contributed by atoms with Gasteiger partial charge in [-0.25, -0.2) is 4.98 Å². The Bertz CT molecular complexity index is 841. The van der Waals surface area contributed by atoms with Crippen molar-refractivity contribution in [2.24, 2.45) is 0 Å². The molecule has 0 unspecified atom stereocenters. The van der Waals surface area contributed by atoms with Gasteiger partial charge in [0.05, 0.1) is 11.1 Å². The fourth-order valence-corrected chi connectivity index (χ4v) is 2.70. The summed E-state index contributed by atoms with van der Waals surface area (Å²) < 4.78 is 2.10. The summed E-state index contributed by atoms with van der Waals surface area (Å²) >= 11 is 0. The highest BCUT2D eigenvalue weighted by Gasteiger charge is 2.13. The van der Waals surface area contributed by atoms with Gasteiger partial charge >= 0.3 is 0 Å². The molecule has 1 aromatic heterocycles. The number of aliphatic hydroxyl groups is 1. The molecule has 4 heteroatoms. The largest absolute Gasteiger partial charge is 0.396 e. The highest BCUT2D eigenvalue weighted by Crippen LogP contribution is 2.24. The molecule has 3 aromatic rings. The minimum atomic E-state index is 0.152. The lowest BCUT2D eigenvalue weighted by atomic mass is 10.1. The summed E-state index contributed by atoms with van der Waals surface area (Å²) in [6.45, 7) is 2.21. The molecule has 0 amide bonds. The number of benzene rings is 2. The van der Waals surface area contributed by atoms with E-state index in [4.69, 9.17) is 5.11 Å². The highest BCUT2D eigenvalue weighted by atomic mass is 16.2. The first-order valence-corrected chi connectivity index (χ1v) is 7.39. The maximum Gasteiger partial charge on any atom is 0.114 e. The van der Waals surface area contributed by atoms with Gasteiger partial charge in [0, 0.05) is 18.7 Å². The maximum absolute atomic E-state index is 9.25. The molecule has 0 aliphatic rings. The lowest BCUT2D eigenvalue weighted by Crippen LogP contribution is -2.00. The molecular weight excluding hydrogens is 274 g/mol. The third-order valence-corrected chi connectivity index (χ3v) is 3.79. The third kappa shape index (κ3) is 2.36. The van der Waals surface area contributed by atoms with Gasteiger partial charge in [0.2, 0.25) is 0 Å². The van der Waals surface area contributed by atoms with Gasteiger partial charge in [-0.15, -0.1) is 0 Å². The van der Waals surface area contributed by atoms with Crippen LogP contribution in [0.15, 0.2) is 42.5 Å². The van der Waals surface area contributed by atoms with E-state index in [1.165, 1.54) is 0 Å². The van der Waals surface area contributed by atoms with Crippen LogP contribution in [0.2, 0.25) is 0 Å². The van der Waals surface area contributed by atoms with E-state index in [2.05, 4.69) is 22.5 Å². The van der Waals surface area contributed by atoms with Crippen LogP contribution in [0.3, 0.4) is 0 Å². The molecule has 0 fully saturated rings. The average Bonchev–Trinajstić information content (AvgIpc) is 2.94. The molecule has 2 aromatic carbocycles. The molecule has 4 nitrogen and oxygen atoms in total. The van der Waals surface area contributed by atoms with Crippen molar-refractivity contribution in [3.05, 3.63) is 59.4 Å². The number of aryl methyl sites for hydroxylation is 1. The maximum atomic E-state index is 9.25. The van der Waals surface area contributed by atoms with Crippen LogP contribution in [0.4, 0.5) is 0 Å². The molecule has 0 saturated carbocycles. The molecule has 0 aliphatic heterocycles. The summed E-state index contributed by atoms with van der Waals surface area (Å²) in [6.07, 6.45) is 1.45. The van der Waals surface area contributed by atoms with Crippen LogP contribution >= 0.6 is 0 Å². The number of imidazole rings is 1. The first kappa shape index (κ1) is 14.3. The summed E-state index contributed by atoms with van der Waals surface area (Å²) in [5.74, 6) is 0.938. The molecule has 1 heterocycles. The van der Waals surface area contributed by atoms with Crippen molar-refractivity contribution in [1.82, 2.24) is 9.55 Å². The van der Waals surface area contributed by atoms with Crippen LogP contribution < -0.4 is 0 Å². The van der Waals surface area contributed by atoms with Crippen molar-refractivity contribution in [3.8, 4) is 11.8 Å². The average molecular weight is 291 g/mol. The molecular formula is C18H17N3O.